The van der Waals surface area contributed by atoms with Crippen molar-refractivity contribution >= 4 is 11.9 Å². The van der Waals surface area contributed by atoms with Crippen molar-refractivity contribution in [1.82, 2.24) is 0 Å². The number of aryl methyl sites for hydroxylation is 1. The van der Waals surface area contributed by atoms with Crippen LogP contribution < -0.4 is 9.47 Å². The molecule has 4 heteroatoms. The third-order valence-electron chi connectivity index (χ3n) is 6.46. The summed E-state index contributed by atoms with van der Waals surface area (Å²) in [5.74, 6) is 0.875. The van der Waals surface area contributed by atoms with Crippen molar-refractivity contribution in [1.29, 1.82) is 0 Å². The summed E-state index contributed by atoms with van der Waals surface area (Å²) in [6, 6.07) is 5.61. The van der Waals surface area contributed by atoms with Gasteiger partial charge < -0.3 is 9.47 Å². The van der Waals surface area contributed by atoms with E-state index in [1.54, 1.807) is 6.07 Å². The molecule has 1 rings (SSSR count). The Hall–Kier alpha value is -1.84. The van der Waals surface area contributed by atoms with Gasteiger partial charge in [-0.1, -0.05) is 117 Å². The normalized spacial score (nSPS) is 11.1. The van der Waals surface area contributed by atoms with E-state index in [1.165, 1.54) is 64.2 Å². The van der Waals surface area contributed by atoms with Gasteiger partial charge in [-0.25, -0.2) is 0 Å². The number of benzene rings is 1. The number of para-hydroxylation sites is 1. The van der Waals surface area contributed by atoms with E-state index in [-0.39, 0.29) is 11.9 Å². The standard InChI is InChI=1S/C31H52O4/c1-5-7-9-11-13-15-17-22-29(32)34-28-21-19-20-27(25-24-26(3)4)31(28)35-30(33)23-18-16-14-12-10-8-6-2/h19-21,26H,5-18,22-25H2,1-4H3. The molecule has 0 saturated carbocycles. The van der Waals surface area contributed by atoms with Gasteiger partial charge in [-0.3, -0.25) is 9.59 Å². The number of ether oxygens (including phenoxy) is 2. The largest absolute Gasteiger partial charge is 0.423 e. The number of carbonyl (C=O) groups is 2. The highest BCUT2D eigenvalue weighted by molar-refractivity contribution is 5.76. The third-order valence-corrected chi connectivity index (χ3v) is 6.46. The van der Waals surface area contributed by atoms with E-state index in [9.17, 15) is 9.59 Å². The Morgan fingerprint density at radius 1 is 0.686 bits per heavy atom. The van der Waals surface area contributed by atoms with Crippen LogP contribution in [0.5, 0.6) is 11.5 Å². The SMILES string of the molecule is CCCCCCCCCC(=O)Oc1cccc(CCC(C)C)c1OC(=O)CCCCCCCCC. The highest BCUT2D eigenvalue weighted by Gasteiger charge is 2.18. The maximum atomic E-state index is 12.6. The van der Waals surface area contributed by atoms with Gasteiger partial charge in [0.05, 0.1) is 0 Å². The van der Waals surface area contributed by atoms with E-state index in [4.69, 9.17) is 9.47 Å². The zero-order valence-electron chi connectivity index (χ0n) is 23.2. The van der Waals surface area contributed by atoms with Crippen LogP contribution in [0.2, 0.25) is 0 Å². The first-order valence-corrected chi connectivity index (χ1v) is 14.5. The molecule has 0 radical (unpaired) electrons. The van der Waals surface area contributed by atoms with Crippen LogP contribution in [0.25, 0.3) is 0 Å². The molecule has 0 saturated heterocycles. The molecule has 0 amide bonds. The fraction of sp³-hybridized carbons (Fsp3) is 0.742. The maximum Gasteiger partial charge on any atom is 0.311 e. The molecule has 0 fully saturated rings. The second-order valence-corrected chi connectivity index (χ2v) is 10.4. The lowest BCUT2D eigenvalue weighted by Gasteiger charge is -2.15. The lowest BCUT2D eigenvalue weighted by Crippen LogP contribution is -2.13. The summed E-state index contributed by atoms with van der Waals surface area (Å²) in [6.45, 7) is 8.79. The molecule has 0 unspecified atom stereocenters. The molecular formula is C31H52O4. The second-order valence-electron chi connectivity index (χ2n) is 10.4. The average Bonchev–Trinajstić information content (AvgIpc) is 2.83. The van der Waals surface area contributed by atoms with E-state index in [1.807, 2.05) is 12.1 Å². The van der Waals surface area contributed by atoms with Crippen molar-refractivity contribution in [3.8, 4) is 11.5 Å². The summed E-state index contributed by atoms with van der Waals surface area (Å²) in [6.07, 6.45) is 18.8. The monoisotopic (exact) mass is 488 g/mol. The van der Waals surface area contributed by atoms with Gasteiger partial charge in [-0.05, 0) is 43.2 Å². The smallest absolute Gasteiger partial charge is 0.311 e. The van der Waals surface area contributed by atoms with E-state index >= 15 is 0 Å². The van der Waals surface area contributed by atoms with Crippen LogP contribution in [-0.2, 0) is 16.0 Å². The van der Waals surface area contributed by atoms with Crippen LogP contribution in [0.4, 0.5) is 0 Å². The minimum Gasteiger partial charge on any atom is -0.423 e. The van der Waals surface area contributed by atoms with E-state index in [0.717, 1.165) is 44.1 Å². The van der Waals surface area contributed by atoms with Gasteiger partial charge in [0.25, 0.3) is 0 Å². The minimum atomic E-state index is -0.246. The van der Waals surface area contributed by atoms with Crippen molar-refractivity contribution in [3.63, 3.8) is 0 Å². The van der Waals surface area contributed by atoms with Crippen molar-refractivity contribution in [2.24, 2.45) is 5.92 Å². The lowest BCUT2D eigenvalue weighted by atomic mass is 10.0. The molecule has 0 spiro atoms. The Morgan fingerprint density at radius 3 is 1.69 bits per heavy atom. The van der Waals surface area contributed by atoms with Crippen LogP contribution in [0.3, 0.4) is 0 Å². The topological polar surface area (TPSA) is 52.6 Å². The molecule has 0 atom stereocenters. The van der Waals surface area contributed by atoms with Crippen LogP contribution in [0.15, 0.2) is 18.2 Å². The number of esters is 2. The van der Waals surface area contributed by atoms with Gasteiger partial charge in [0.2, 0.25) is 0 Å². The van der Waals surface area contributed by atoms with Crippen molar-refractivity contribution in [3.05, 3.63) is 23.8 Å². The zero-order valence-corrected chi connectivity index (χ0v) is 23.2. The van der Waals surface area contributed by atoms with E-state index < -0.39 is 0 Å². The molecule has 0 heterocycles. The first-order chi connectivity index (χ1) is 17.0. The van der Waals surface area contributed by atoms with Crippen molar-refractivity contribution in [2.75, 3.05) is 0 Å². The Labute approximate surface area is 215 Å². The fourth-order valence-electron chi connectivity index (χ4n) is 4.19. The third kappa shape index (κ3) is 15.7. The van der Waals surface area contributed by atoms with Gasteiger partial charge in [0, 0.05) is 12.8 Å². The van der Waals surface area contributed by atoms with Crippen molar-refractivity contribution < 1.29 is 19.1 Å². The Balaban J connectivity index is 2.62. The van der Waals surface area contributed by atoms with Crippen molar-refractivity contribution in [2.45, 2.75) is 143 Å². The molecule has 0 aliphatic heterocycles. The molecule has 200 valence electrons. The molecule has 0 aliphatic rings. The zero-order chi connectivity index (χ0) is 25.7. The molecular weight excluding hydrogens is 436 g/mol. The molecule has 0 N–H and O–H groups in total. The molecule has 1 aromatic carbocycles. The number of hydrogen-bond donors (Lipinski definition) is 0. The first kappa shape index (κ1) is 31.2. The van der Waals surface area contributed by atoms with Gasteiger partial charge in [-0.2, -0.15) is 0 Å². The highest BCUT2D eigenvalue weighted by atomic mass is 16.6. The Bertz CT molecular complexity index is 695. The molecule has 0 aromatic heterocycles. The Morgan fingerprint density at radius 2 is 1.17 bits per heavy atom. The number of hydrogen-bond acceptors (Lipinski definition) is 4. The maximum absolute atomic E-state index is 12.6. The summed E-state index contributed by atoms with van der Waals surface area (Å²) in [5.41, 5.74) is 0.938. The predicted octanol–water partition coefficient (Wildman–Crippen LogP) is 9.37. The molecule has 35 heavy (non-hydrogen) atoms. The van der Waals surface area contributed by atoms with Gasteiger partial charge in [0.1, 0.15) is 0 Å². The predicted molar refractivity (Wildman–Crippen MR) is 146 cm³/mol. The fourth-order valence-corrected chi connectivity index (χ4v) is 4.19. The summed E-state index contributed by atoms with van der Waals surface area (Å²) < 4.78 is 11.5. The summed E-state index contributed by atoms with van der Waals surface area (Å²) in [4.78, 5) is 25.2. The van der Waals surface area contributed by atoms with Crippen LogP contribution in [0.1, 0.15) is 142 Å². The van der Waals surface area contributed by atoms with Crippen LogP contribution in [-0.4, -0.2) is 11.9 Å². The summed E-state index contributed by atoms with van der Waals surface area (Å²) >= 11 is 0. The minimum absolute atomic E-state index is 0.236. The van der Waals surface area contributed by atoms with Gasteiger partial charge >= 0.3 is 11.9 Å². The lowest BCUT2D eigenvalue weighted by molar-refractivity contribution is -0.137. The average molecular weight is 489 g/mol. The van der Waals surface area contributed by atoms with E-state index in [0.29, 0.717) is 30.3 Å². The van der Waals surface area contributed by atoms with Crippen LogP contribution >= 0.6 is 0 Å². The molecule has 1 aromatic rings. The number of unbranched alkanes of at least 4 members (excludes halogenated alkanes) is 12. The van der Waals surface area contributed by atoms with Gasteiger partial charge in [0.15, 0.2) is 11.5 Å². The number of rotatable bonds is 21. The van der Waals surface area contributed by atoms with Crippen LogP contribution in [0, 0.1) is 5.92 Å². The number of carbonyl (C=O) groups excluding carboxylic acids is 2. The summed E-state index contributed by atoms with van der Waals surface area (Å²) in [5, 5.41) is 0. The highest BCUT2D eigenvalue weighted by Crippen LogP contribution is 2.34. The first-order valence-electron chi connectivity index (χ1n) is 14.5. The quantitative estimate of drug-likeness (QED) is 0.0982. The second kappa shape index (κ2) is 20.4. The summed E-state index contributed by atoms with van der Waals surface area (Å²) in [7, 11) is 0. The molecule has 4 nitrogen and oxygen atoms in total. The molecule has 0 bridgehead atoms. The van der Waals surface area contributed by atoms with E-state index in [2.05, 4.69) is 27.7 Å². The molecule has 0 aliphatic carbocycles. The van der Waals surface area contributed by atoms with Gasteiger partial charge in [-0.15, -0.1) is 0 Å². The Kier molecular flexibility index (Phi) is 18.1.